The second-order valence-corrected chi connectivity index (χ2v) is 6.65. The molecular weight excluding hydrogens is 300 g/mol. The second-order valence-electron chi connectivity index (χ2n) is 6.65. The highest BCUT2D eigenvalue weighted by molar-refractivity contribution is 5.93. The quantitative estimate of drug-likeness (QED) is 0.918. The summed E-state index contributed by atoms with van der Waals surface area (Å²) in [6.45, 7) is 6.60. The van der Waals surface area contributed by atoms with E-state index in [1.807, 2.05) is 11.0 Å². The lowest BCUT2D eigenvalue weighted by molar-refractivity contribution is 0.0734. The lowest BCUT2D eigenvalue weighted by atomic mass is 9.99. The smallest absolute Gasteiger partial charge is 0.257 e. The van der Waals surface area contributed by atoms with Crippen molar-refractivity contribution >= 4 is 11.9 Å². The average Bonchev–Trinajstić information content (AvgIpc) is 2.61. The van der Waals surface area contributed by atoms with E-state index in [2.05, 4.69) is 47.3 Å². The summed E-state index contributed by atoms with van der Waals surface area (Å²) in [5.74, 6) is 1.22. The number of rotatable bonds is 5. The van der Waals surface area contributed by atoms with Gasteiger partial charge in [-0.1, -0.05) is 38.1 Å². The molecule has 3 rings (SSSR count). The van der Waals surface area contributed by atoms with Crippen molar-refractivity contribution in [2.24, 2.45) is 5.92 Å². The Kier molecular flexibility index (Phi) is 5.08. The van der Waals surface area contributed by atoms with Gasteiger partial charge in [-0.25, -0.2) is 9.97 Å². The monoisotopic (exact) mass is 324 g/mol. The van der Waals surface area contributed by atoms with Gasteiger partial charge < -0.3 is 10.2 Å². The Morgan fingerprint density at radius 2 is 1.92 bits per heavy atom. The van der Waals surface area contributed by atoms with Crippen LogP contribution in [-0.4, -0.2) is 33.9 Å². The first-order chi connectivity index (χ1) is 11.6. The first-order valence-corrected chi connectivity index (χ1v) is 8.55. The van der Waals surface area contributed by atoms with Crippen molar-refractivity contribution in [2.75, 3.05) is 18.4 Å². The SMILES string of the molecule is CC(C)CCNc1ncc(C(=O)N2CCc3ccccc3C2)cn1. The van der Waals surface area contributed by atoms with Crippen LogP contribution in [0.25, 0.3) is 0 Å². The highest BCUT2D eigenvalue weighted by Crippen LogP contribution is 2.20. The largest absolute Gasteiger partial charge is 0.354 e. The highest BCUT2D eigenvalue weighted by Gasteiger charge is 2.21. The molecule has 1 N–H and O–H groups in total. The summed E-state index contributed by atoms with van der Waals surface area (Å²) in [6, 6.07) is 8.30. The highest BCUT2D eigenvalue weighted by atomic mass is 16.2. The summed E-state index contributed by atoms with van der Waals surface area (Å²) in [5.41, 5.74) is 3.11. The molecule has 0 fully saturated rings. The van der Waals surface area contributed by atoms with Crippen molar-refractivity contribution in [1.82, 2.24) is 14.9 Å². The van der Waals surface area contributed by atoms with Crippen LogP contribution >= 0.6 is 0 Å². The molecule has 1 aliphatic heterocycles. The number of nitrogens with one attached hydrogen (secondary N) is 1. The molecule has 1 aromatic carbocycles. The second kappa shape index (κ2) is 7.43. The number of hydrogen-bond donors (Lipinski definition) is 1. The maximum Gasteiger partial charge on any atom is 0.257 e. The first kappa shape index (κ1) is 16.4. The zero-order valence-electron chi connectivity index (χ0n) is 14.3. The van der Waals surface area contributed by atoms with Crippen LogP contribution in [0.4, 0.5) is 5.95 Å². The number of aromatic nitrogens is 2. The standard InChI is InChI=1S/C19H24N4O/c1-14(2)7-9-20-19-21-11-17(12-22-19)18(24)23-10-8-15-5-3-4-6-16(15)13-23/h3-6,11-12,14H,7-10,13H2,1-2H3,(H,20,21,22). The van der Waals surface area contributed by atoms with Crippen LogP contribution in [0.3, 0.4) is 0 Å². The Morgan fingerprint density at radius 1 is 1.21 bits per heavy atom. The average molecular weight is 324 g/mol. The van der Waals surface area contributed by atoms with Crippen molar-refractivity contribution in [1.29, 1.82) is 0 Å². The van der Waals surface area contributed by atoms with Crippen LogP contribution in [0.15, 0.2) is 36.7 Å². The van der Waals surface area contributed by atoms with Gasteiger partial charge in [0.25, 0.3) is 5.91 Å². The van der Waals surface area contributed by atoms with Gasteiger partial charge in [0.2, 0.25) is 5.95 Å². The number of hydrogen-bond acceptors (Lipinski definition) is 4. The fourth-order valence-corrected chi connectivity index (χ4v) is 2.85. The molecule has 1 aromatic heterocycles. The van der Waals surface area contributed by atoms with E-state index in [0.29, 0.717) is 24.0 Å². The third kappa shape index (κ3) is 3.91. The van der Waals surface area contributed by atoms with E-state index >= 15 is 0 Å². The molecule has 5 nitrogen and oxygen atoms in total. The van der Waals surface area contributed by atoms with Crippen LogP contribution in [0, 0.1) is 5.92 Å². The molecule has 24 heavy (non-hydrogen) atoms. The third-order valence-electron chi connectivity index (χ3n) is 4.32. The van der Waals surface area contributed by atoms with Gasteiger partial charge in [0.05, 0.1) is 5.56 Å². The molecule has 0 radical (unpaired) electrons. The number of fused-ring (bicyclic) bond motifs is 1. The molecule has 2 heterocycles. The van der Waals surface area contributed by atoms with Gasteiger partial charge in [-0.15, -0.1) is 0 Å². The molecule has 0 saturated carbocycles. The number of carbonyl (C=O) groups excluding carboxylic acids is 1. The van der Waals surface area contributed by atoms with Crippen LogP contribution in [0.1, 0.15) is 41.8 Å². The van der Waals surface area contributed by atoms with E-state index in [1.165, 1.54) is 11.1 Å². The Balaban J connectivity index is 1.61. The zero-order valence-corrected chi connectivity index (χ0v) is 14.3. The summed E-state index contributed by atoms with van der Waals surface area (Å²) in [5, 5.41) is 3.19. The fraction of sp³-hybridized carbons (Fsp3) is 0.421. The minimum absolute atomic E-state index is 0.00164. The van der Waals surface area contributed by atoms with Crippen LogP contribution in [0.2, 0.25) is 0 Å². The molecule has 126 valence electrons. The van der Waals surface area contributed by atoms with Gasteiger partial charge in [0.1, 0.15) is 0 Å². The third-order valence-corrected chi connectivity index (χ3v) is 4.32. The number of carbonyl (C=O) groups is 1. The van der Waals surface area contributed by atoms with Crippen molar-refractivity contribution in [3.8, 4) is 0 Å². The van der Waals surface area contributed by atoms with E-state index < -0.39 is 0 Å². The Hall–Kier alpha value is -2.43. The van der Waals surface area contributed by atoms with E-state index in [9.17, 15) is 4.79 Å². The molecule has 1 amide bonds. The van der Waals surface area contributed by atoms with Gasteiger partial charge in [0, 0.05) is 32.0 Å². The Morgan fingerprint density at radius 3 is 2.62 bits per heavy atom. The number of amides is 1. The number of benzene rings is 1. The minimum Gasteiger partial charge on any atom is -0.354 e. The summed E-state index contributed by atoms with van der Waals surface area (Å²) < 4.78 is 0. The van der Waals surface area contributed by atoms with Crippen molar-refractivity contribution in [2.45, 2.75) is 33.2 Å². The summed E-state index contributed by atoms with van der Waals surface area (Å²) >= 11 is 0. The van der Waals surface area contributed by atoms with Crippen molar-refractivity contribution < 1.29 is 4.79 Å². The molecule has 1 aliphatic rings. The lowest BCUT2D eigenvalue weighted by Crippen LogP contribution is -2.36. The first-order valence-electron chi connectivity index (χ1n) is 8.55. The summed E-state index contributed by atoms with van der Waals surface area (Å²) in [4.78, 5) is 23.0. The topological polar surface area (TPSA) is 58.1 Å². The number of nitrogens with zero attached hydrogens (tertiary/aromatic N) is 3. The van der Waals surface area contributed by atoms with E-state index in [-0.39, 0.29) is 5.91 Å². The van der Waals surface area contributed by atoms with Gasteiger partial charge in [-0.2, -0.15) is 0 Å². The van der Waals surface area contributed by atoms with Crippen LogP contribution in [-0.2, 0) is 13.0 Å². The molecule has 0 bridgehead atoms. The minimum atomic E-state index is -0.00164. The molecule has 0 saturated heterocycles. The predicted octanol–water partition coefficient (Wildman–Crippen LogP) is 3.13. The molecule has 0 atom stereocenters. The van der Waals surface area contributed by atoms with Crippen LogP contribution < -0.4 is 5.32 Å². The molecular formula is C19H24N4O. The molecule has 0 aliphatic carbocycles. The maximum atomic E-state index is 12.6. The number of anilines is 1. The molecule has 2 aromatic rings. The van der Waals surface area contributed by atoms with E-state index in [4.69, 9.17) is 0 Å². The van der Waals surface area contributed by atoms with Crippen molar-refractivity contribution in [3.63, 3.8) is 0 Å². The summed E-state index contributed by atoms with van der Waals surface area (Å²) in [6.07, 6.45) is 5.20. The Labute approximate surface area is 143 Å². The lowest BCUT2D eigenvalue weighted by Gasteiger charge is -2.28. The van der Waals surface area contributed by atoms with E-state index in [1.54, 1.807) is 12.4 Å². The van der Waals surface area contributed by atoms with Gasteiger partial charge >= 0.3 is 0 Å². The molecule has 0 unspecified atom stereocenters. The van der Waals surface area contributed by atoms with Gasteiger partial charge in [-0.05, 0) is 29.9 Å². The van der Waals surface area contributed by atoms with Crippen molar-refractivity contribution in [3.05, 3.63) is 53.3 Å². The zero-order chi connectivity index (χ0) is 16.9. The van der Waals surface area contributed by atoms with E-state index in [0.717, 1.165) is 25.9 Å². The maximum absolute atomic E-state index is 12.6. The van der Waals surface area contributed by atoms with Crippen LogP contribution in [0.5, 0.6) is 0 Å². The van der Waals surface area contributed by atoms with Gasteiger partial charge in [-0.3, -0.25) is 4.79 Å². The van der Waals surface area contributed by atoms with Gasteiger partial charge in [0.15, 0.2) is 0 Å². The molecule has 0 spiro atoms. The normalized spacial score (nSPS) is 13.7. The Bertz CT molecular complexity index is 697. The molecule has 5 heteroatoms. The fourth-order valence-electron chi connectivity index (χ4n) is 2.85. The predicted molar refractivity (Wildman–Crippen MR) is 94.9 cm³/mol. The summed E-state index contributed by atoms with van der Waals surface area (Å²) in [7, 11) is 0.